The Hall–Kier alpha value is -2.15. The van der Waals surface area contributed by atoms with Crippen molar-refractivity contribution in [3.63, 3.8) is 0 Å². The van der Waals surface area contributed by atoms with Gasteiger partial charge in [-0.25, -0.2) is 4.39 Å². The first-order valence-corrected chi connectivity index (χ1v) is 9.29. The third kappa shape index (κ3) is 7.00. The zero-order valence-electron chi connectivity index (χ0n) is 15.5. The number of benzene rings is 1. The summed E-state index contributed by atoms with van der Waals surface area (Å²) in [7, 11) is 1.74. The van der Waals surface area contributed by atoms with E-state index in [1.807, 2.05) is 0 Å². The van der Waals surface area contributed by atoms with Crippen LogP contribution in [-0.4, -0.2) is 50.0 Å². The molecule has 1 aliphatic heterocycles. The maximum atomic E-state index is 12.9. The Labute approximate surface area is 155 Å². The molecule has 1 aliphatic rings. The van der Waals surface area contributed by atoms with Crippen molar-refractivity contribution in [2.45, 2.75) is 32.2 Å². The maximum absolute atomic E-state index is 12.9. The number of nitrogens with two attached hydrogens (primary N) is 1. The number of hydrogen-bond acceptors (Lipinski definition) is 3. The van der Waals surface area contributed by atoms with Gasteiger partial charge in [-0.15, -0.1) is 0 Å². The van der Waals surface area contributed by atoms with E-state index in [2.05, 4.69) is 20.5 Å². The number of rotatable bonds is 8. The topological polar surface area (TPSA) is 82.8 Å². The van der Waals surface area contributed by atoms with Gasteiger partial charge in [-0.3, -0.25) is 9.79 Å². The van der Waals surface area contributed by atoms with Crippen molar-refractivity contribution in [2.24, 2.45) is 16.6 Å². The highest BCUT2D eigenvalue weighted by Crippen LogP contribution is 2.16. The van der Waals surface area contributed by atoms with Gasteiger partial charge in [0.2, 0.25) is 5.91 Å². The highest BCUT2D eigenvalue weighted by Gasteiger charge is 2.22. The molecular formula is C19H30FN5O. The summed E-state index contributed by atoms with van der Waals surface area (Å²) in [5.41, 5.74) is 6.37. The van der Waals surface area contributed by atoms with Crippen LogP contribution in [0.5, 0.6) is 0 Å². The van der Waals surface area contributed by atoms with Crippen LogP contribution in [0.15, 0.2) is 29.3 Å². The van der Waals surface area contributed by atoms with Crippen molar-refractivity contribution < 1.29 is 9.18 Å². The Balaban J connectivity index is 1.55. The van der Waals surface area contributed by atoms with Crippen LogP contribution < -0.4 is 16.4 Å². The number of likely N-dealkylation sites (tertiary alicyclic amines) is 1. The summed E-state index contributed by atoms with van der Waals surface area (Å²) >= 11 is 0. The first-order valence-electron chi connectivity index (χ1n) is 9.29. The van der Waals surface area contributed by atoms with Crippen molar-refractivity contribution in [3.8, 4) is 0 Å². The predicted molar refractivity (Wildman–Crippen MR) is 102 cm³/mol. The van der Waals surface area contributed by atoms with E-state index in [0.717, 1.165) is 63.4 Å². The number of unbranched alkanes of at least 4 members (excludes halogenated alkanes) is 1. The SMILES string of the molecule is CN=C(NCCCCN1CCC(C(N)=O)CC1)NCc1ccc(F)cc1. The molecule has 26 heavy (non-hydrogen) atoms. The number of nitrogens with zero attached hydrogens (tertiary/aromatic N) is 2. The first kappa shape index (κ1) is 20.2. The average molecular weight is 363 g/mol. The molecule has 1 amide bonds. The molecule has 0 atom stereocenters. The smallest absolute Gasteiger partial charge is 0.220 e. The van der Waals surface area contributed by atoms with Crippen LogP contribution in [0.2, 0.25) is 0 Å². The minimum absolute atomic E-state index is 0.0587. The number of halogens is 1. The van der Waals surface area contributed by atoms with Crippen LogP contribution in [0, 0.1) is 11.7 Å². The molecule has 0 radical (unpaired) electrons. The lowest BCUT2D eigenvalue weighted by atomic mass is 9.96. The average Bonchev–Trinajstić information content (AvgIpc) is 2.65. The summed E-state index contributed by atoms with van der Waals surface area (Å²) in [4.78, 5) is 17.8. The fraction of sp³-hybridized carbons (Fsp3) is 0.579. The van der Waals surface area contributed by atoms with Crippen LogP contribution in [-0.2, 0) is 11.3 Å². The van der Waals surface area contributed by atoms with Gasteiger partial charge in [-0.1, -0.05) is 12.1 Å². The summed E-state index contributed by atoms with van der Waals surface area (Å²) in [5, 5.41) is 6.52. The lowest BCUT2D eigenvalue weighted by Gasteiger charge is -2.30. The van der Waals surface area contributed by atoms with Gasteiger partial charge in [-0.2, -0.15) is 0 Å². The molecule has 7 heteroatoms. The number of guanidine groups is 1. The van der Waals surface area contributed by atoms with Crippen molar-refractivity contribution in [1.29, 1.82) is 0 Å². The van der Waals surface area contributed by atoms with Crippen LogP contribution >= 0.6 is 0 Å². The van der Waals surface area contributed by atoms with Crippen LogP contribution in [0.1, 0.15) is 31.2 Å². The summed E-state index contributed by atoms with van der Waals surface area (Å²) in [6.45, 7) is 4.42. The molecule has 4 N–H and O–H groups in total. The molecule has 0 saturated carbocycles. The molecule has 1 fully saturated rings. The van der Waals surface area contributed by atoms with Gasteiger partial charge in [0.15, 0.2) is 5.96 Å². The minimum Gasteiger partial charge on any atom is -0.369 e. The van der Waals surface area contributed by atoms with Gasteiger partial charge in [-0.05, 0) is 63.0 Å². The second kappa shape index (κ2) is 10.8. The number of hydrogen-bond donors (Lipinski definition) is 3. The highest BCUT2D eigenvalue weighted by atomic mass is 19.1. The standard InChI is InChI=1S/C19H30FN5O/c1-22-19(24-14-15-4-6-17(20)7-5-15)23-10-2-3-11-25-12-8-16(9-13-25)18(21)26/h4-7,16H,2-3,8-14H2,1H3,(H2,21,26)(H2,22,23,24). The second-order valence-electron chi connectivity index (χ2n) is 6.70. The third-order valence-electron chi connectivity index (χ3n) is 4.78. The molecule has 0 unspecified atom stereocenters. The second-order valence-corrected chi connectivity index (χ2v) is 6.70. The van der Waals surface area contributed by atoms with Gasteiger partial charge in [0.1, 0.15) is 5.82 Å². The number of primary amides is 1. The fourth-order valence-corrected chi connectivity index (χ4v) is 3.12. The van der Waals surface area contributed by atoms with Gasteiger partial charge in [0, 0.05) is 26.1 Å². The Kier molecular flexibility index (Phi) is 8.34. The van der Waals surface area contributed by atoms with E-state index >= 15 is 0 Å². The third-order valence-corrected chi connectivity index (χ3v) is 4.78. The van der Waals surface area contributed by atoms with Gasteiger partial charge in [0.05, 0.1) is 0 Å². The number of nitrogens with one attached hydrogen (secondary N) is 2. The largest absolute Gasteiger partial charge is 0.369 e. The number of aliphatic imine (C=N–C) groups is 1. The molecule has 1 saturated heterocycles. The zero-order valence-corrected chi connectivity index (χ0v) is 15.5. The van der Waals surface area contributed by atoms with Crippen molar-refractivity contribution in [1.82, 2.24) is 15.5 Å². The molecule has 144 valence electrons. The molecule has 6 nitrogen and oxygen atoms in total. The number of carbonyl (C=O) groups excluding carboxylic acids is 1. The molecule has 0 aliphatic carbocycles. The van der Waals surface area contributed by atoms with Gasteiger partial charge in [0.25, 0.3) is 0 Å². The summed E-state index contributed by atoms with van der Waals surface area (Å²) < 4.78 is 12.9. The van der Waals surface area contributed by atoms with E-state index in [0.29, 0.717) is 6.54 Å². The molecule has 1 aromatic carbocycles. The molecule has 1 aromatic rings. The summed E-state index contributed by atoms with van der Waals surface area (Å²) in [5.74, 6) is 0.420. The molecule has 0 aromatic heterocycles. The molecule has 2 rings (SSSR count). The lowest BCUT2D eigenvalue weighted by Crippen LogP contribution is -2.39. The van der Waals surface area contributed by atoms with Gasteiger partial charge < -0.3 is 21.3 Å². The van der Waals surface area contributed by atoms with E-state index in [-0.39, 0.29) is 17.6 Å². The first-order chi connectivity index (χ1) is 12.6. The summed E-state index contributed by atoms with van der Waals surface area (Å²) in [6.07, 6.45) is 3.91. The lowest BCUT2D eigenvalue weighted by molar-refractivity contribution is -0.123. The van der Waals surface area contributed by atoms with E-state index in [1.165, 1.54) is 12.1 Å². The molecular weight excluding hydrogens is 333 g/mol. The summed E-state index contributed by atoms with van der Waals surface area (Å²) in [6, 6.07) is 6.44. The Morgan fingerprint density at radius 3 is 2.54 bits per heavy atom. The predicted octanol–water partition coefficient (Wildman–Crippen LogP) is 1.47. The van der Waals surface area contributed by atoms with Crippen LogP contribution in [0.25, 0.3) is 0 Å². The minimum atomic E-state index is -0.227. The van der Waals surface area contributed by atoms with E-state index in [4.69, 9.17) is 5.73 Å². The molecule has 0 bridgehead atoms. The van der Waals surface area contributed by atoms with E-state index in [1.54, 1.807) is 19.2 Å². The highest BCUT2D eigenvalue weighted by molar-refractivity contribution is 5.79. The quantitative estimate of drug-likeness (QED) is 0.371. The number of piperidine rings is 1. The Morgan fingerprint density at radius 1 is 1.23 bits per heavy atom. The molecule has 1 heterocycles. The van der Waals surface area contributed by atoms with E-state index in [9.17, 15) is 9.18 Å². The van der Waals surface area contributed by atoms with Crippen molar-refractivity contribution in [3.05, 3.63) is 35.6 Å². The van der Waals surface area contributed by atoms with Crippen molar-refractivity contribution in [2.75, 3.05) is 33.2 Å². The van der Waals surface area contributed by atoms with Crippen LogP contribution in [0.3, 0.4) is 0 Å². The number of amides is 1. The zero-order chi connectivity index (χ0) is 18.8. The maximum Gasteiger partial charge on any atom is 0.220 e. The Bertz CT molecular complexity index is 582. The Morgan fingerprint density at radius 2 is 1.92 bits per heavy atom. The number of carbonyl (C=O) groups is 1. The van der Waals surface area contributed by atoms with E-state index < -0.39 is 0 Å². The molecule has 0 spiro atoms. The fourth-order valence-electron chi connectivity index (χ4n) is 3.12. The van der Waals surface area contributed by atoms with Crippen LogP contribution in [0.4, 0.5) is 4.39 Å². The van der Waals surface area contributed by atoms with Gasteiger partial charge >= 0.3 is 0 Å². The monoisotopic (exact) mass is 363 g/mol. The van der Waals surface area contributed by atoms with Crippen molar-refractivity contribution >= 4 is 11.9 Å². The normalized spacial score (nSPS) is 16.5.